The van der Waals surface area contributed by atoms with E-state index in [4.69, 9.17) is 9.15 Å². The second kappa shape index (κ2) is 11.0. The van der Waals surface area contributed by atoms with E-state index in [0.29, 0.717) is 27.9 Å². The van der Waals surface area contributed by atoms with Crippen LogP contribution in [0.25, 0.3) is 22.0 Å². The smallest absolute Gasteiger partial charge is 0.408 e. The number of alkyl halides is 3. The van der Waals surface area contributed by atoms with Gasteiger partial charge in [0, 0.05) is 54.0 Å². The first-order valence-corrected chi connectivity index (χ1v) is 16.9. The average molecular weight is 643 g/mol. The number of aromatic nitrogens is 2. The highest BCUT2D eigenvalue weighted by atomic mass is 32.2. The molecule has 9 nitrogen and oxygen atoms in total. The molecule has 2 aromatic carbocycles. The predicted octanol–water partition coefficient (Wildman–Crippen LogP) is 4.62. The summed E-state index contributed by atoms with van der Waals surface area (Å²) in [6, 6.07) is 11.8. The lowest BCUT2D eigenvalue weighted by atomic mass is 9.75. The molecule has 3 aliphatic rings. The number of anilines is 1. The second-order valence-electron chi connectivity index (χ2n) is 12.7. The molecule has 2 aromatic heterocycles. The summed E-state index contributed by atoms with van der Waals surface area (Å²) >= 11 is 0. The van der Waals surface area contributed by atoms with Gasteiger partial charge in [0.1, 0.15) is 6.54 Å². The SMILES string of the molecule is CS(=O)(=O)c1ccc2c(c1)oc(=O)n2CC#Cc1cc2c(NC3CCC(N4CC5(COC5)C4)CC3)cccc2n1CC(F)(F)F. The maximum atomic E-state index is 13.7. The summed E-state index contributed by atoms with van der Waals surface area (Å²) in [6.07, 6.45) is 0.697. The van der Waals surface area contributed by atoms with Crippen LogP contribution >= 0.6 is 0 Å². The Labute approximate surface area is 257 Å². The van der Waals surface area contributed by atoms with Crippen molar-refractivity contribution in [2.45, 2.75) is 61.9 Å². The molecule has 0 radical (unpaired) electrons. The van der Waals surface area contributed by atoms with Crippen LogP contribution in [-0.2, 0) is 27.7 Å². The van der Waals surface area contributed by atoms with Crippen LogP contribution in [0.2, 0.25) is 0 Å². The maximum Gasteiger partial charge on any atom is 0.420 e. The van der Waals surface area contributed by atoms with E-state index in [1.807, 2.05) is 6.07 Å². The molecule has 1 N–H and O–H groups in total. The van der Waals surface area contributed by atoms with E-state index in [1.54, 1.807) is 18.2 Å². The third-order valence-electron chi connectivity index (χ3n) is 9.27. The molecule has 0 atom stereocenters. The highest BCUT2D eigenvalue weighted by molar-refractivity contribution is 7.90. The quantitative estimate of drug-likeness (QED) is 0.307. The van der Waals surface area contributed by atoms with Gasteiger partial charge >= 0.3 is 11.9 Å². The van der Waals surface area contributed by atoms with E-state index in [2.05, 4.69) is 22.1 Å². The van der Waals surface area contributed by atoms with Crippen molar-refractivity contribution >= 4 is 37.5 Å². The number of rotatable bonds is 6. The van der Waals surface area contributed by atoms with Gasteiger partial charge in [0.05, 0.1) is 41.4 Å². The topological polar surface area (TPSA) is 98.7 Å². The second-order valence-corrected chi connectivity index (χ2v) is 14.7. The summed E-state index contributed by atoms with van der Waals surface area (Å²) in [5, 5.41) is 4.26. The summed E-state index contributed by atoms with van der Waals surface area (Å²) in [5.74, 6) is 4.92. The fourth-order valence-corrected chi connectivity index (χ4v) is 7.59. The standard InChI is InChI=1S/C32H33F3N4O5S/c1-45(41,42)24-11-12-28-29(15-24)44-30(40)38(28)13-3-4-23-14-25-26(5-2-6-27(25)39(23)18-32(33,34)35)36-21-7-9-22(10-8-21)37-16-31(17-37)19-43-20-31/h2,5-6,11-12,14-15,21-22,36H,7-10,13,16-20H2,1H3. The van der Waals surface area contributed by atoms with Gasteiger partial charge in [0.25, 0.3) is 0 Å². The van der Waals surface area contributed by atoms with E-state index in [-0.39, 0.29) is 28.8 Å². The van der Waals surface area contributed by atoms with Crippen molar-refractivity contribution in [2.75, 3.05) is 37.9 Å². The molecule has 1 saturated carbocycles. The molecular formula is C32H33F3N4O5S. The molecular weight excluding hydrogens is 609 g/mol. The number of fused-ring (bicyclic) bond motifs is 2. The van der Waals surface area contributed by atoms with Gasteiger partial charge in [-0.15, -0.1) is 0 Å². The lowest BCUT2D eigenvalue weighted by Gasteiger charge is -2.58. The normalized spacial score (nSPS) is 21.8. The van der Waals surface area contributed by atoms with Gasteiger partial charge < -0.3 is 19.0 Å². The first kappa shape index (κ1) is 30.0. The third kappa shape index (κ3) is 5.87. The Balaban J connectivity index is 1.11. The zero-order valence-electron chi connectivity index (χ0n) is 24.7. The zero-order valence-corrected chi connectivity index (χ0v) is 25.5. The van der Waals surface area contributed by atoms with Crippen LogP contribution < -0.4 is 11.1 Å². The predicted molar refractivity (Wildman–Crippen MR) is 163 cm³/mol. The van der Waals surface area contributed by atoms with Gasteiger partial charge in [-0.25, -0.2) is 13.2 Å². The Morgan fingerprint density at radius 3 is 2.44 bits per heavy atom. The van der Waals surface area contributed by atoms with Crippen molar-refractivity contribution in [2.24, 2.45) is 5.41 Å². The van der Waals surface area contributed by atoms with Crippen LogP contribution in [0.5, 0.6) is 0 Å². The number of sulfone groups is 1. The molecule has 0 unspecified atom stereocenters. The van der Waals surface area contributed by atoms with Gasteiger partial charge in [0.2, 0.25) is 0 Å². The van der Waals surface area contributed by atoms with Crippen molar-refractivity contribution in [1.82, 2.24) is 14.0 Å². The number of halogens is 3. The van der Waals surface area contributed by atoms with Crippen molar-refractivity contribution in [3.8, 4) is 11.8 Å². The number of nitrogens with one attached hydrogen (secondary N) is 1. The number of ether oxygens (including phenoxy) is 1. The van der Waals surface area contributed by atoms with Crippen LogP contribution in [0.1, 0.15) is 31.4 Å². The van der Waals surface area contributed by atoms with Crippen LogP contribution in [0.3, 0.4) is 0 Å². The molecule has 4 heterocycles. The Bertz CT molecular complexity index is 2000. The minimum absolute atomic E-state index is 0.00431. The van der Waals surface area contributed by atoms with Crippen molar-refractivity contribution in [3.05, 3.63) is 58.7 Å². The third-order valence-corrected chi connectivity index (χ3v) is 10.4. The van der Waals surface area contributed by atoms with Crippen molar-refractivity contribution in [3.63, 3.8) is 0 Å². The molecule has 1 aliphatic carbocycles. The Kier molecular flexibility index (Phi) is 7.30. The van der Waals surface area contributed by atoms with E-state index < -0.39 is 28.3 Å². The fourth-order valence-electron chi connectivity index (χ4n) is 6.95. The van der Waals surface area contributed by atoms with E-state index >= 15 is 0 Å². The van der Waals surface area contributed by atoms with E-state index in [9.17, 15) is 26.4 Å². The molecule has 7 rings (SSSR count). The number of hydrogen-bond donors (Lipinski definition) is 1. The van der Waals surface area contributed by atoms with Crippen molar-refractivity contribution in [1.29, 1.82) is 0 Å². The largest absolute Gasteiger partial charge is 0.420 e. The lowest BCUT2D eigenvalue weighted by molar-refractivity contribution is -0.200. The molecule has 2 saturated heterocycles. The molecule has 238 valence electrons. The Hall–Kier alpha value is -3.73. The molecule has 0 amide bonds. The average Bonchev–Trinajstić information content (AvgIpc) is 3.43. The molecule has 13 heteroatoms. The molecule has 3 fully saturated rings. The maximum absolute atomic E-state index is 13.7. The molecule has 4 aromatic rings. The Morgan fingerprint density at radius 1 is 1.02 bits per heavy atom. The molecule has 2 aliphatic heterocycles. The summed E-state index contributed by atoms with van der Waals surface area (Å²) in [4.78, 5) is 15.1. The van der Waals surface area contributed by atoms with Crippen LogP contribution in [0, 0.1) is 17.3 Å². The monoisotopic (exact) mass is 642 g/mol. The summed E-state index contributed by atoms with van der Waals surface area (Å²) in [5.41, 5.74) is 2.18. The highest BCUT2D eigenvalue weighted by Crippen LogP contribution is 2.41. The Morgan fingerprint density at radius 2 is 1.78 bits per heavy atom. The highest BCUT2D eigenvalue weighted by Gasteiger charge is 2.50. The van der Waals surface area contributed by atoms with Crippen molar-refractivity contribution < 1.29 is 30.7 Å². The summed E-state index contributed by atoms with van der Waals surface area (Å²) in [6.45, 7) is 2.61. The first-order chi connectivity index (χ1) is 21.4. The van der Waals surface area contributed by atoms with E-state index in [0.717, 1.165) is 68.5 Å². The lowest BCUT2D eigenvalue weighted by Crippen LogP contribution is -2.68. The summed E-state index contributed by atoms with van der Waals surface area (Å²) in [7, 11) is -3.51. The first-order valence-electron chi connectivity index (χ1n) is 15.0. The fraction of sp³-hybridized carbons (Fsp3) is 0.469. The number of oxazole rings is 1. The zero-order chi connectivity index (χ0) is 31.6. The molecule has 0 bridgehead atoms. The molecule has 45 heavy (non-hydrogen) atoms. The minimum atomic E-state index is -4.47. The number of nitrogens with zero attached hydrogens (tertiary/aromatic N) is 3. The number of benzene rings is 2. The number of likely N-dealkylation sites (tertiary alicyclic amines) is 1. The summed E-state index contributed by atoms with van der Waals surface area (Å²) < 4.78 is 77.9. The van der Waals surface area contributed by atoms with Gasteiger partial charge in [-0.3, -0.25) is 9.47 Å². The van der Waals surface area contributed by atoms with E-state index in [1.165, 1.54) is 22.8 Å². The van der Waals surface area contributed by atoms with Gasteiger partial charge in [-0.2, -0.15) is 13.2 Å². The van der Waals surface area contributed by atoms with Crippen LogP contribution in [-0.4, -0.2) is 73.3 Å². The van der Waals surface area contributed by atoms with Crippen LogP contribution in [0.4, 0.5) is 18.9 Å². The molecule has 1 spiro atoms. The van der Waals surface area contributed by atoms with Gasteiger partial charge in [-0.1, -0.05) is 12.0 Å². The van der Waals surface area contributed by atoms with Gasteiger partial charge in [0.15, 0.2) is 15.4 Å². The minimum Gasteiger partial charge on any atom is -0.408 e. The van der Waals surface area contributed by atoms with Crippen LogP contribution in [0.15, 0.2) is 56.6 Å². The van der Waals surface area contributed by atoms with Gasteiger partial charge in [-0.05, 0) is 61.9 Å². The number of hydrogen-bond acceptors (Lipinski definition) is 7.